The second-order valence-electron chi connectivity index (χ2n) is 5.70. The summed E-state index contributed by atoms with van der Waals surface area (Å²) in [4.78, 5) is 2.47. The second-order valence-corrected chi connectivity index (χ2v) is 6.81. The Balaban J connectivity index is 2.38. The number of hydrogen-bond acceptors (Lipinski definition) is 2. The van der Waals surface area contributed by atoms with E-state index >= 15 is 0 Å². The molecule has 0 aliphatic carbocycles. The maximum atomic E-state index is 13.9. The van der Waals surface area contributed by atoms with Crippen molar-refractivity contribution in [1.29, 1.82) is 0 Å². The Hall–Kier alpha value is -1.19. The molecule has 0 radical (unpaired) electrons. The van der Waals surface area contributed by atoms with Gasteiger partial charge in [-0.3, -0.25) is 0 Å². The number of halogens is 1. The minimum absolute atomic E-state index is 0.0812. The number of thiophene rings is 1. The van der Waals surface area contributed by atoms with E-state index in [4.69, 9.17) is 0 Å². The first-order valence-electron chi connectivity index (χ1n) is 6.45. The highest BCUT2D eigenvalue weighted by Gasteiger charge is 2.21. The number of rotatable bonds is 3. The minimum Gasteiger partial charge on any atom is -0.309 e. The molecule has 1 aromatic heterocycles. The summed E-state index contributed by atoms with van der Waals surface area (Å²) in [6.45, 7) is 6.58. The normalized spacial score (nSPS) is 13.5. The van der Waals surface area contributed by atoms with Crippen molar-refractivity contribution in [2.24, 2.45) is 0 Å². The fourth-order valence-corrected chi connectivity index (χ4v) is 3.27. The van der Waals surface area contributed by atoms with E-state index in [1.54, 1.807) is 17.4 Å². The van der Waals surface area contributed by atoms with Gasteiger partial charge in [0, 0.05) is 15.3 Å². The van der Waals surface area contributed by atoms with E-state index in [1.807, 2.05) is 19.2 Å². The SMILES string of the molecule is CNC(c1ccc(C(C)(C)C)s1)c1ccccc1F. The Bertz CT molecular complexity index is 554. The van der Waals surface area contributed by atoms with Crippen molar-refractivity contribution in [3.05, 3.63) is 57.5 Å². The summed E-state index contributed by atoms with van der Waals surface area (Å²) in [6.07, 6.45) is 0. The lowest BCUT2D eigenvalue weighted by Gasteiger charge is -2.18. The van der Waals surface area contributed by atoms with Crippen LogP contribution in [-0.4, -0.2) is 7.05 Å². The Morgan fingerprint density at radius 1 is 1.11 bits per heavy atom. The summed E-state index contributed by atoms with van der Waals surface area (Å²) >= 11 is 1.75. The summed E-state index contributed by atoms with van der Waals surface area (Å²) in [5, 5.41) is 3.21. The molecular weight excluding hydrogens is 257 g/mol. The predicted octanol–water partition coefficient (Wildman–Crippen LogP) is 4.49. The zero-order valence-electron chi connectivity index (χ0n) is 11.8. The average molecular weight is 277 g/mol. The van der Waals surface area contributed by atoms with Crippen molar-refractivity contribution in [2.75, 3.05) is 7.05 Å². The van der Waals surface area contributed by atoms with Crippen LogP contribution in [0.2, 0.25) is 0 Å². The predicted molar refractivity (Wildman–Crippen MR) is 80.3 cm³/mol. The van der Waals surface area contributed by atoms with Crippen LogP contribution < -0.4 is 5.32 Å². The van der Waals surface area contributed by atoms with Crippen LogP contribution in [0.15, 0.2) is 36.4 Å². The quantitative estimate of drug-likeness (QED) is 0.871. The molecule has 1 nitrogen and oxygen atoms in total. The molecule has 0 saturated carbocycles. The Labute approximate surface area is 118 Å². The highest BCUT2D eigenvalue weighted by atomic mass is 32.1. The van der Waals surface area contributed by atoms with Crippen molar-refractivity contribution < 1.29 is 4.39 Å². The number of nitrogens with one attached hydrogen (secondary N) is 1. The van der Waals surface area contributed by atoms with Crippen molar-refractivity contribution in [3.8, 4) is 0 Å². The van der Waals surface area contributed by atoms with E-state index in [0.717, 1.165) is 4.88 Å². The second kappa shape index (κ2) is 5.43. The molecule has 2 rings (SSSR count). The molecule has 102 valence electrons. The van der Waals surface area contributed by atoms with E-state index in [1.165, 1.54) is 10.9 Å². The fourth-order valence-electron chi connectivity index (χ4n) is 2.07. The van der Waals surface area contributed by atoms with Gasteiger partial charge in [0.05, 0.1) is 6.04 Å². The van der Waals surface area contributed by atoms with Gasteiger partial charge in [0.1, 0.15) is 5.82 Å². The molecule has 19 heavy (non-hydrogen) atoms. The van der Waals surface area contributed by atoms with Gasteiger partial charge in [-0.1, -0.05) is 39.0 Å². The number of hydrogen-bond donors (Lipinski definition) is 1. The number of benzene rings is 1. The van der Waals surface area contributed by atoms with Crippen molar-refractivity contribution >= 4 is 11.3 Å². The summed E-state index contributed by atoms with van der Waals surface area (Å²) in [5.41, 5.74) is 0.837. The molecule has 0 fully saturated rings. The van der Waals surface area contributed by atoms with E-state index in [-0.39, 0.29) is 17.3 Å². The van der Waals surface area contributed by atoms with Gasteiger partial charge in [-0.05, 0) is 30.7 Å². The smallest absolute Gasteiger partial charge is 0.128 e. The highest BCUT2D eigenvalue weighted by molar-refractivity contribution is 7.12. The molecule has 1 unspecified atom stereocenters. The Morgan fingerprint density at radius 3 is 2.32 bits per heavy atom. The lowest BCUT2D eigenvalue weighted by atomic mass is 9.95. The molecule has 1 aromatic carbocycles. The molecule has 0 bridgehead atoms. The summed E-state index contributed by atoms with van der Waals surface area (Å²) in [7, 11) is 1.87. The molecule has 0 aliphatic rings. The molecule has 1 atom stereocenters. The zero-order chi connectivity index (χ0) is 14.0. The molecule has 1 N–H and O–H groups in total. The van der Waals surface area contributed by atoms with Gasteiger partial charge >= 0.3 is 0 Å². The van der Waals surface area contributed by atoms with Gasteiger partial charge in [0.2, 0.25) is 0 Å². The van der Waals surface area contributed by atoms with Gasteiger partial charge in [0.25, 0.3) is 0 Å². The highest BCUT2D eigenvalue weighted by Crippen LogP contribution is 2.35. The zero-order valence-corrected chi connectivity index (χ0v) is 12.6. The van der Waals surface area contributed by atoms with E-state index in [0.29, 0.717) is 5.56 Å². The molecule has 0 saturated heterocycles. The first-order valence-corrected chi connectivity index (χ1v) is 7.27. The van der Waals surface area contributed by atoms with Gasteiger partial charge in [-0.15, -0.1) is 11.3 Å². The third kappa shape index (κ3) is 3.04. The summed E-state index contributed by atoms with van der Waals surface area (Å²) in [6, 6.07) is 11.1. The van der Waals surface area contributed by atoms with Crippen LogP contribution >= 0.6 is 11.3 Å². The Morgan fingerprint density at radius 2 is 1.79 bits per heavy atom. The van der Waals surface area contributed by atoms with Gasteiger partial charge in [0.15, 0.2) is 0 Å². The van der Waals surface area contributed by atoms with Gasteiger partial charge in [-0.25, -0.2) is 4.39 Å². The lowest BCUT2D eigenvalue weighted by molar-refractivity contribution is 0.579. The third-order valence-corrected chi connectivity index (χ3v) is 4.73. The van der Waals surface area contributed by atoms with Crippen molar-refractivity contribution in [3.63, 3.8) is 0 Å². The Kier molecular flexibility index (Phi) is 4.07. The third-order valence-electron chi connectivity index (χ3n) is 3.16. The largest absolute Gasteiger partial charge is 0.309 e. The summed E-state index contributed by atoms with van der Waals surface area (Å²) in [5.74, 6) is -0.160. The fraction of sp³-hybridized carbons (Fsp3) is 0.375. The van der Waals surface area contributed by atoms with Crippen LogP contribution in [0.3, 0.4) is 0 Å². The maximum Gasteiger partial charge on any atom is 0.128 e. The molecule has 0 aliphatic heterocycles. The van der Waals surface area contributed by atoms with Gasteiger partial charge < -0.3 is 5.32 Å². The van der Waals surface area contributed by atoms with Crippen LogP contribution in [0, 0.1) is 5.82 Å². The van der Waals surface area contributed by atoms with Crippen LogP contribution in [0.25, 0.3) is 0 Å². The van der Waals surface area contributed by atoms with Gasteiger partial charge in [-0.2, -0.15) is 0 Å². The van der Waals surface area contributed by atoms with Crippen molar-refractivity contribution in [2.45, 2.75) is 32.2 Å². The topological polar surface area (TPSA) is 12.0 Å². The monoisotopic (exact) mass is 277 g/mol. The molecule has 0 amide bonds. The van der Waals surface area contributed by atoms with Crippen LogP contribution in [0.1, 0.15) is 42.1 Å². The maximum absolute atomic E-state index is 13.9. The molecule has 0 spiro atoms. The van der Waals surface area contributed by atoms with Crippen LogP contribution in [0.5, 0.6) is 0 Å². The van der Waals surface area contributed by atoms with E-state index in [9.17, 15) is 4.39 Å². The summed E-state index contributed by atoms with van der Waals surface area (Å²) < 4.78 is 13.9. The van der Waals surface area contributed by atoms with E-state index < -0.39 is 0 Å². The van der Waals surface area contributed by atoms with Crippen molar-refractivity contribution in [1.82, 2.24) is 5.32 Å². The molecular formula is C16H20FNS. The first kappa shape index (κ1) is 14.2. The first-order chi connectivity index (χ1) is 8.93. The molecule has 2 aromatic rings. The van der Waals surface area contributed by atoms with E-state index in [2.05, 4.69) is 38.2 Å². The molecule has 1 heterocycles. The van der Waals surface area contributed by atoms with Crippen LogP contribution in [0.4, 0.5) is 4.39 Å². The standard InChI is InChI=1S/C16H20FNS/c1-16(2,3)14-10-9-13(19-14)15(18-4)11-7-5-6-8-12(11)17/h5-10,15,18H,1-4H3. The molecule has 3 heteroatoms. The average Bonchev–Trinajstić information content (AvgIpc) is 2.82. The lowest BCUT2D eigenvalue weighted by Crippen LogP contribution is -2.17. The van der Waals surface area contributed by atoms with Crippen LogP contribution in [-0.2, 0) is 5.41 Å². The minimum atomic E-state index is -0.160.